The Balaban J connectivity index is 2.36. The summed E-state index contributed by atoms with van der Waals surface area (Å²) in [6.45, 7) is 0.594. The fraction of sp³-hybridized carbons (Fsp3) is 0.455. The van der Waals surface area contributed by atoms with Gasteiger partial charge in [0.2, 0.25) is 0 Å². The van der Waals surface area contributed by atoms with Crippen molar-refractivity contribution in [1.82, 2.24) is 15.1 Å². The number of carbonyl (C=O) groups excluding carboxylic acids is 1. The topological polar surface area (TPSA) is 72.9 Å². The van der Waals surface area contributed by atoms with Crippen LogP contribution in [0.2, 0.25) is 0 Å². The number of unbranched alkanes of at least 4 members (excludes halogenated alkanes) is 2. The molecule has 0 radical (unpaired) electrons. The fourth-order valence-electron chi connectivity index (χ4n) is 1.32. The van der Waals surface area contributed by atoms with Gasteiger partial charge in [-0.1, -0.05) is 0 Å². The molecular formula is C11H16N4O. The third-order valence-electron chi connectivity index (χ3n) is 2.11. The van der Waals surface area contributed by atoms with Gasteiger partial charge in [0.05, 0.1) is 5.69 Å². The third kappa shape index (κ3) is 3.31. The number of hydrogen-bond acceptors (Lipinski definition) is 3. The molecule has 0 bridgehead atoms. The molecular weight excluding hydrogens is 204 g/mol. The molecule has 0 aliphatic carbocycles. The van der Waals surface area contributed by atoms with Crippen molar-refractivity contribution in [2.45, 2.75) is 19.3 Å². The number of anilines is 1. The van der Waals surface area contributed by atoms with Crippen molar-refractivity contribution in [1.29, 1.82) is 0 Å². The van der Waals surface area contributed by atoms with E-state index in [-0.39, 0.29) is 11.6 Å². The summed E-state index contributed by atoms with van der Waals surface area (Å²) in [7, 11) is 1.72. The summed E-state index contributed by atoms with van der Waals surface area (Å²) in [4.78, 5) is 11.6. The first-order chi connectivity index (χ1) is 7.65. The van der Waals surface area contributed by atoms with Gasteiger partial charge in [-0.3, -0.25) is 9.48 Å². The van der Waals surface area contributed by atoms with Crippen molar-refractivity contribution >= 4 is 11.6 Å². The third-order valence-corrected chi connectivity index (χ3v) is 2.11. The van der Waals surface area contributed by atoms with Crippen LogP contribution in [0, 0.1) is 12.3 Å². The fourth-order valence-corrected chi connectivity index (χ4v) is 1.32. The number of rotatable bonds is 5. The highest BCUT2D eigenvalue weighted by molar-refractivity contribution is 5.96. The van der Waals surface area contributed by atoms with E-state index in [2.05, 4.69) is 16.3 Å². The Bertz CT molecular complexity index is 403. The van der Waals surface area contributed by atoms with E-state index in [0.717, 1.165) is 19.3 Å². The molecule has 1 aromatic heterocycles. The second-order valence-electron chi connectivity index (χ2n) is 3.52. The molecule has 3 N–H and O–H groups in total. The van der Waals surface area contributed by atoms with Crippen molar-refractivity contribution < 1.29 is 4.79 Å². The molecule has 86 valence electrons. The highest BCUT2D eigenvalue weighted by Crippen LogP contribution is 2.07. The zero-order chi connectivity index (χ0) is 12.0. The van der Waals surface area contributed by atoms with Gasteiger partial charge in [-0.05, 0) is 12.8 Å². The molecule has 5 heteroatoms. The average Bonchev–Trinajstić information content (AvgIpc) is 2.57. The van der Waals surface area contributed by atoms with E-state index < -0.39 is 0 Å². The van der Waals surface area contributed by atoms with E-state index in [1.807, 2.05) is 0 Å². The molecule has 0 aliphatic rings. The molecule has 0 saturated carbocycles. The predicted octanol–water partition coefficient (Wildman–Crippen LogP) is 0.536. The van der Waals surface area contributed by atoms with Crippen LogP contribution in [-0.4, -0.2) is 22.2 Å². The maximum atomic E-state index is 11.6. The summed E-state index contributed by atoms with van der Waals surface area (Å²) in [5.41, 5.74) is 6.29. The van der Waals surface area contributed by atoms with Gasteiger partial charge in [0.15, 0.2) is 5.69 Å². The summed E-state index contributed by atoms with van der Waals surface area (Å²) in [6.07, 6.45) is 9.23. The SMILES string of the molecule is C#CCCCCNC(=O)c1nn(C)cc1N. The molecule has 0 atom stereocenters. The van der Waals surface area contributed by atoms with Crippen LogP contribution in [0.1, 0.15) is 29.8 Å². The van der Waals surface area contributed by atoms with Crippen LogP contribution in [-0.2, 0) is 7.05 Å². The minimum absolute atomic E-state index is 0.237. The number of aromatic nitrogens is 2. The Kier molecular flexibility index (Phi) is 4.40. The molecule has 1 heterocycles. The molecule has 0 saturated heterocycles. The average molecular weight is 220 g/mol. The van der Waals surface area contributed by atoms with Crippen LogP contribution in [0.5, 0.6) is 0 Å². The van der Waals surface area contributed by atoms with E-state index in [0.29, 0.717) is 12.2 Å². The smallest absolute Gasteiger partial charge is 0.273 e. The quantitative estimate of drug-likeness (QED) is 0.561. The summed E-state index contributed by atoms with van der Waals surface area (Å²) >= 11 is 0. The summed E-state index contributed by atoms with van der Waals surface area (Å²) < 4.78 is 1.52. The van der Waals surface area contributed by atoms with Gasteiger partial charge in [-0.15, -0.1) is 12.3 Å². The molecule has 1 rings (SSSR count). The minimum atomic E-state index is -0.237. The first-order valence-electron chi connectivity index (χ1n) is 5.16. The number of nitrogens with one attached hydrogen (secondary N) is 1. The molecule has 0 aromatic carbocycles. The lowest BCUT2D eigenvalue weighted by Crippen LogP contribution is -2.25. The van der Waals surface area contributed by atoms with Crippen molar-refractivity contribution in [3.63, 3.8) is 0 Å². The van der Waals surface area contributed by atoms with Gasteiger partial charge in [0.1, 0.15) is 0 Å². The van der Waals surface area contributed by atoms with E-state index in [4.69, 9.17) is 12.2 Å². The van der Waals surface area contributed by atoms with E-state index in [1.165, 1.54) is 4.68 Å². The van der Waals surface area contributed by atoms with Gasteiger partial charge < -0.3 is 11.1 Å². The van der Waals surface area contributed by atoms with Crippen LogP contribution in [0.15, 0.2) is 6.20 Å². The van der Waals surface area contributed by atoms with Crippen molar-refractivity contribution in [2.24, 2.45) is 7.05 Å². The van der Waals surface area contributed by atoms with Crippen molar-refractivity contribution in [2.75, 3.05) is 12.3 Å². The van der Waals surface area contributed by atoms with Crippen molar-refractivity contribution in [3.05, 3.63) is 11.9 Å². The molecule has 0 spiro atoms. The van der Waals surface area contributed by atoms with E-state index in [1.54, 1.807) is 13.2 Å². The number of nitrogens with zero attached hydrogens (tertiary/aromatic N) is 2. The summed E-state index contributed by atoms with van der Waals surface area (Å²) in [6, 6.07) is 0. The van der Waals surface area contributed by atoms with Crippen molar-refractivity contribution in [3.8, 4) is 12.3 Å². The molecule has 5 nitrogen and oxygen atoms in total. The lowest BCUT2D eigenvalue weighted by molar-refractivity contribution is 0.0948. The normalized spacial score (nSPS) is 9.75. The number of aryl methyl sites for hydroxylation is 1. The Morgan fingerprint density at radius 2 is 2.44 bits per heavy atom. The van der Waals surface area contributed by atoms with Gasteiger partial charge in [0, 0.05) is 26.2 Å². The zero-order valence-corrected chi connectivity index (χ0v) is 9.36. The lowest BCUT2D eigenvalue weighted by Gasteiger charge is -2.02. The second-order valence-corrected chi connectivity index (χ2v) is 3.52. The van der Waals surface area contributed by atoms with Crippen LogP contribution in [0.4, 0.5) is 5.69 Å². The molecule has 1 aromatic rings. The molecule has 0 aliphatic heterocycles. The largest absolute Gasteiger partial charge is 0.396 e. The van der Waals surface area contributed by atoms with Gasteiger partial charge in [-0.2, -0.15) is 5.10 Å². The molecule has 1 amide bonds. The van der Waals surface area contributed by atoms with Gasteiger partial charge in [-0.25, -0.2) is 0 Å². The van der Waals surface area contributed by atoms with E-state index >= 15 is 0 Å². The first-order valence-corrected chi connectivity index (χ1v) is 5.16. The van der Waals surface area contributed by atoms with Gasteiger partial charge >= 0.3 is 0 Å². The Hall–Kier alpha value is -1.96. The first kappa shape index (κ1) is 12.1. The number of terminal acetylenes is 1. The lowest BCUT2D eigenvalue weighted by atomic mass is 10.2. The number of hydrogen-bond donors (Lipinski definition) is 2. The Labute approximate surface area is 95.0 Å². The standard InChI is InChI=1S/C11H16N4O/c1-3-4-5-6-7-13-11(16)10-9(12)8-15(2)14-10/h1,8H,4-7,12H2,2H3,(H,13,16). The predicted molar refractivity (Wildman–Crippen MR) is 62.6 cm³/mol. The van der Waals surface area contributed by atoms with Crippen LogP contribution in [0.25, 0.3) is 0 Å². The summed E-state index contributed by atoms with van der Waals surface area (Å²) in [5, 5.41) is 6.72. The maximum absolute atomic E-state index is 11.6. The van der Waals surface area contributed by atoms with Gasteiger partial charge in [0.25, 0.3) is 5.91 Å². The molecule has 16 heavy (non-hydrogen) atoms. The Morgan fingerprint density at radius 3 is 3.00 bits per heavy atom. The monoisotopic (exact) mass is 220 g/mol. The number of nitrogens with two attached hydrogens (primary N) is 1. The molecule has 0 unspecified atom stereocenters. The minimum Gasteiger partial charge on any atom is -0.396 e. The zero-order valence-electron chi connectivity index (χ0n) is 9.36. The van der Waals surface area contributed by atoms with Crippen LogP contribution < -0.4 is 11.1 Å². The highest BCUT2D eigenvalue weighted by Gasteiger charge is 2.12. The maximum Gasteiger partial charge on any atom is 0.273 e. The number of amides is 1. The highest BCUT2D eigenvalue weighted by atomic mass is 16.1. The molecule has 0 fully saturated rings. The van der Waals surface area contributed by atoms with Crippen LogP contribution >= 0.6 is 0 Å². The van der Waals surface area contributed by atoms with Crippen LogP contribution in [0.3, 0.4) is 0 Å². The second kappa shape index (κ2) is 5.81. The summed E-state index contributed by atoms with van der Waals surface area (Å²) in [5.74, 6) is 2.31. The number of carbonyl (C=O) groups is 1. The Morgan fingerprint density at radius 1 is 1.69 bits per heavy atom. The number of nitrogen functional groups attached to an aromatic ring is 1. The van der Waals surface area contributed by atoms with E-state index in [9.17, 15) is 4.79 Å².